The van der Waals surface area contributed by atoms with Crippen molar-refractivity contribution in [1.82, 2.24) is 46.6 Å². The van der Waals surface area contributed by atoms with Gasteiger partial charge in [0.05, 0.1) is 12.6 Å². The van der Waals surface area contributed by atoms with E-state index in [1.807, 2.05) is 0 Å². The Morgan fingerprint density at radius 2 is 1.22 bits per heavy atom. The van der Waals surface area contributed by atoms with Crippen LogP contribution in [0.15, 0.2) is 24.3 Å². The molecule has 4 aliphatic rings. The van der Waals surface area contributed by atoms with Crippen LogP contribution in [0, 0.1) is 0 Å². The molecule has 11 N–H and O–H groups in total. The third-order valence-electron chi connectivity index (χ3n) is 12.6. The molecular weight excluding hydrogens is 893 g/mol. The second-order valence-electron chi connectivity index (χ2n) is 17.6. The van der Waals surface area contributed by atoms with Gasteiger partial charge in [0, 0.05) is 38.9 Å². The van der Waals surface area contributed by atoms with E-state index in [0.29, 0.717) is 37.8 Å². The van der Waals surface area contributed by atoms with Gasteiger partial charge in [-0.25, -0.2) is 4.79 Å². The number of carbonyl (C=O) groups excluding carboxylic acids is 9. The van der Waals surface area contributed by atoms with E-state index in [0.717, 1.165) is 11.3 Å². The van der Waals surface area contributed by atoms with E-state index in [9.17, 15) is 68.1 Å². The van der Waals surface area contributed by atoms with Gasteiger partial charge in [-0.2, -0.15) is 0 Å². The number of phenolic OH excluding ortho intramolecular Hbond substituents is 1. The van der Waals surface area contributed by atoms with Gasteiger partial charge in [-0.3, -0.25) is 47.9 Å². The number of amides is 9. The number of carbonyl (C=O) groups is 11. The van der Waals surface area contributed by atoms with Crippen LogP contribution in [0.4, 0.5) is 0 Å². The fourth-order valence-corrected chi connectivity index (χ4v) is 8.98. The van der Waals surface area contributed by atoms with Gasteiger partial charge in [0.1, 0.15) is 48.0 Å². The third kappa shape index (κ3) is 14.1. The molecule has 24 heteroatoms. The second kappa shape index (κ2) is 24.3. The van der Waals surface area contributed by atoms with Crippen LogP contribution in [0.5, 0.6) is 5.75 Å². The first-order valence-electron chi connectivity index (χ1n) is 23.0. The highest BCUT2D eigenvalue weighted by Gasteiger charge is 2.41. The highest BCUT2D eigenvalue weighted by Crippen LogP contribution is 2.23. The maximum Gasteiger partial charge on any atom is 0.326 e. The zero-order valence-corrected chi connectivity index (χ0v) is 37.9. The maximum atomic E-state index is 13.9. The Morgan fingerprint density at radius 3 is 1.81 bits per heavy atom. The van der Waals surface area contributed by atoms with Gasteiger partial charge in [0.25, 0.3) is 0 Å². The van der Waals surface area contributed by atoms with E-state index >= 15 is 0 Å². The molecule has 4 saturated heterocycles. The lowest BCUT2D eigenvalue weighted by Crippen LogP contribution is -2.58. The number of phenols is 1. The average Bonchev–Trinajstić information content (AvgIpc) is 4.15. The van der Waals surface area contributed by atoms with Crippen molar-refractivity contribution in [3.05, 3.63) is 29.8 Å². The molecule has 1 aromatic rings. The summed E-state index contributed by atoms with van der Waals surface area (Å²) in [4.78, 5) is 147. The summed E-state index contributed by atoms with van der Waals surface area (Å²) in [5.41, 5.74) is 5.80. The van der Waals surface area contributed by atoms with Crippen LogP contribution in [0.3, 0.4) is 0 Å². The standard InChI is InChI=1S/C44H62N10O14/c1-24(37(60)49-28(14-16-34(45)56)43(66)54-21-5-9-33(54)44(67)68)48-39(62)30(22-25-10-12-26(55)13-11-25)51-41(64)32-8-3-19-52(32)35(57)23-47-40(63)31-7-4-20-53(31)42(65)29(15-17-36(58)59)50-38(61)27-6-2-18-46-27/h10-13,24,27-33,46,55H,2-9,14-23H2,1H3,(H2,45,56)(H,47,63)(H,48,62)(H,49,60)(H,50,61)(H,51,64)(H,58,59)(H,67,68)/t24-,27-,28-,29-,30-,31-,32-,33-/m0/s1. The molecule has 8 atom stereocenters. The lowest BCUT2D eigenvalue weighted by atomic mass is 10.0. The van der Waals surface area contributed by atoms with Crippen molar-refractivity contribution >= 4 is 65.1 Å². The van der Waals surface area contributed by atoms with Gasteiger partial charge in [-0.15, -0.1) is 0 Å². The summed E-state index contributed by atoms with van der Waals surface area (Å²) in [6.07, 6.45) is 1.92. The number of aliphatic carboxylic acids is 2. The molecule has 372 valence electrons. The minimum absolute atomic E-state index is 0.0617. The highest BCUT2D eigenvalue weighted by atomic mass is 16.4. The topological polar surface area (TPSA) is 356 Å². The summed E-state index contributed by atoms with van der Waals surface area (Å²) in [5.74, 6) is -8.70. The molecular formula is C44H62N10O14. The van der Waals surface area contributed by atoms with Crippen LogP contribution in [-0.2, 0) is 59.2 Å². The molecule has 68 heavy (non-hydrogen) atoms. The van der Waals surface area contributed by atoms with E-state index in [4.69, 9.17) is 5.73 Å². The molecule has 0 aromatic heterocycles. The number of primary amides is 1. The summed E-state index contributed by atoms with van der Waals surface area (Å²) >= 11 is 0. The molecule has 0 spiro atoms. The van der Waals surface area contributed by atoms with Gasteiger partial charge < -0.3 is 67.7 Å². The van der Waals surface area contributed by atoms with Gasteiger partial charge in [0.15, 0.2) is 0 Å². The quantitative estimate of drug-likeness (QED) is 0.0552. The largest absolute Gasteiger partial charge is 0.508 e. The summed E-state index contributed by atoms with van der Waals surface area (Å²) < 4.78 is 0. The van der Waals surface area contributed by atoms with E-state index in [1.165, 1.54) is 41.0 Å². The summed E-state index contributed by atoms with van der Waals surface area (Å²) in [7, 11) is 0. The van der Waals surface area contributed by atoms with Crippen LogP contribution in [0.2, 0.25) is 0 Å². The lowest BCUT2D eigenvalue weighted by Gasteiger charge is -2.30. The third-order valence-corrected chi connectivity index (χ3v) is 12.6. The first-order valence-corrected chi connectivity index (χ1v) is 23.0. The van der Waals surface area contributed by atoms with Crippen molar-refractivity contribution in [2.75, 3.05) is 32.7 Å². The van der Waals surface area contributed by atoms with Gasteiger partial charge >= 0.3 is 11.9 Å². The van der Waals surface area contributed by atoms with Crippen molar-refractivity contribution in [3.63, 3.8) is 0 Å². The Labute approximate surface area is 391 Å². The number of carboxylic acid groups (broad SMARTS) is 2. The normalized spacial score (nSPS) is 21.8. The number of aromatic hydroxyl groups is 1. The fraction of sp³-hybridized carbons (Fsp3) is 0.614. The Kier molecular flexibility index (Phi) is 18.6. The Bertz CT molecular complexity index is 2080. The Balaban J connectivity index is 1.21. The number of likely N-dealkylation sites (tertiary alicyclic amines) is 3. The number of hydrogen-bond acceptors (Lipinski definition) is 13. The predicted octanol–water partition coefficient (Wildman–Crippen LogP) is -3.05. The molecule has 0 aliphatic carbocycles. The molecule has 9 amide bonds. The van der Waals surface area contributed by atoms with Gasteiger partial charge in [0.2, 0.25) is 53.2 Å². The number of nitrogens with zero attached hydrogens (tertiary/aromatic N) is 3. The molecule has 24 nitrogen and oxygen atoms in total. The highest BCUT2D eigenvalue weighted by molar-refractivity contribution is 5.98. The summed E-state index contributed by atoms with van der Waals surface area (Å²) in [6.45, 7) is 1.80. The fourth-order valence-electron chi connectivity index (χ4n) is 8.98. The number of nitrogens with two attached hydrogens (primary N) is 1. The monoisotopic (exact) mass is 954 g/mol. The SMILES string of the molecule is C[C@H](NC(=O)[C@H](Cc1ccc(O)cc1)NC(=O)[C@@H]1CCCN1C(=O)CNC(=O)[C@@H]1CCCN1C(=O)[C@H](CCC(=O)O)NC(=O)[C@@H]1CCCN1)C(=O)N[C@@H](CCC(N)=O)C(=O)N1CCC[C@H]1C(=O)O. The molecule has 4 heterocycles. The minimum Gasteiger partial charge on any atom is -0.508 e. The van der Waals surface area contributed by atoms with Crippen molar-refractivity contribution in [2.24, 2.45) is 5.73 Å². The molecule has 1 aromatic carbocycles. The number of nitrogens with one attached hydrogen (secondary N) is 6. The molecule has 4 fully saturated rings. The average molecular weight is 955 g/mol. The number of carboxylic acids is 2. The van der Waals surface area contributed by atoms with E-state index < -0.39 is 126 Å². The first-order chi connectivity index (χ1) is 32.3. The van der Waals surface area contributed by atoms with Crippen LogP contribution >= 0.6 is 0 Å². The van der Waals surface area contributed by atoms with Crippen molar-refractivity contribution in [2.45, 2.75) is 139 Å². The molecule has 0 saturated carbocycles. The Morgan fingerprint density at radius 1 is 0.662 bits per heavy atom. The molecule has 0 radical (unpaired) electrons. The maximum absolute atomic E-state index is 13.9. The number of benzene rings is 1. The molecule has 0 unspecified atom stereocenters. The van der Waals surface area contributed by atoms with E-state index in [-0.39, 0.29) is 70.3 Å². The first kappa shape index (κ1) is 52.1. The van der Waals surface area contributed by atoms with Crippen molar-refractivity contribution < 1.29 is 68.1 Å². The van der Waals surface area contributed by atoms with Crippen LogP contribution < -0.4 is 37.6 Å². The minimum atomic E-state index is -1.35. The predicted molar refractivity (Wildman–Crippen MR) is 236 cm³/mol. The van der Waals surface area contributed by atoms with Crippen molar-refractivity contribution in [3.8, 4) is 5.75 Å². The Hall–Kier alpha value is -6.85. The lowest BCUT2D eigenvalue weighted by molar-refractivity contribution is -0.149. The molecule has 0 bridgehead atoms. The van der Waals surface area contributed by atoms with E-state index in [1.54, 1.807) is 0 Å². The summed E-state index contributed by atoms with van der Waals surface area (Å²) in [6, 6.07) is -3.19. The van der Waals surface area contributed by atoms with Gasteiger partial charge in [-0.1, -0.05) is 12.1 Å². The van der Waals surface area contributed by atoms with Crippen LogP contribution in [0.1, 0.15) is 89.5 Å². The zero-order valence-electron chi connectivity index (χ0n) is 37.9. The second-order valence-corrected chi connectivity index (χ2v) is 17.6. The van der Waals surface area contributed by atoms with Gasteiger partial charge in [-0.05, 0) is 95.4 Å². The number of rotatable bonds is 22. The molecule has 5 rings (SSSR count). The smallest absolute Gasteiger partial charge is 0.326 e. The number of hydrogen-bond donors (Lipinski definition) is 10. The zero-order chi connectivity index (χ0) is 49.7. The molecule has 4 aliphatic heterocycles. The van der Waals surface area contributed by atoms with Crippen LogP contribution in [0.25, 0.3) is 0 Å². The van der Waals surface area contributed by atoms with Crippen molar-refractivity contribution in [1.29, 1.82) is 0 Å². The van der Waals surface area contributed by atoms with Crippen LogP contribution in [-0.4, -0.2) is 176 Å². The van der Waals surface area contributed by atoms with E-state index in [2.05, 4.69) is 31.9 Å². The summed E-state index contributed by atoms with van der Waals surface area (Å²) in [5, 5.41) is 44.7.